The van der Waals surface area contributed by atoms with Gasteiger partial charge >= 0.3 is 0 Å². The number of aryl methyl sites for hydroxylation is 3. The second-order valence-electron chi connectivity index (χ2n) is 6.20. The molecule has 0 saturated carbocycles. The van der Waals surface area contributed by atoms with Crippen molar-refractivity contribution in [2.75, 3.05) is 5.32 Å². The van der Waals surface area contributed by atoms with E-state index in [1.807, 2.05) is 67.9 Å². The summed E-state index contributed by atoms with van der Waals surface area (Å²) in [6.45, 7) is 6.56. The van der Waals surface area contributed by atoms with Gasteiger partial charge in [0.2, 0.25) is 0 Å². The summed E-state index contributed by atoms with van der Waals surface area (Å²) < 4.78 is 1.94. The molecule has 0 radical (unpaired) electrons. The molecule has 0 aliphatic heterocycles. The molecule has 0 fully saturated rings. The van der Waals surface area contributed by atoms with Crippen molar-refractivity contribution in [1.82, 2.24) is 9.78 Å². The molecule has 1 N–H and O–H groups in total. The van der Waals surface area contributed by atoms with Gasteiger partial charge in [0.15, 0.2) is 0 Å². The number of anilines is 1. The van der Waals surface area contributed by atoms with Crippen LogP contribution in [0.25, 0.3) is 0 Å². The number of aromatic nitrogens is 2. The first-order valence-electron chi connectivity index (χ1n) is 8.10. The Hall–Kier alpha value is -2.59. The number of hydrogen-bond donors (Lipinski definition) is 1. The molecular weight excluding hydrogens is 334 g/mol. The van der Waals surface area contributed by atoms with E-state index < -0.39 is 0 Å². The topological polar surface area (TPSA) is 46.9 Å². The Morgan fingerprint density at radius 2 is 1.92 bits per heavy atom. The number of carbonyl (C=O) groups excluding carboxylic acids is 1. The summed E-state index contributed by atoms with van der Waals surface area (Å²) in [7, 11) is 0. The molecule has 128 valence electrons. The van der Waals surface area contributed by atoms with Gasteiger partial charge in [-0.05, 0) is 68.3 Å². The summed E-state index contributed by atoms with van der Waals surface area (Å²) >= 11 is 5.96. The number of benzene rings is 2. The van der Waals surface area contributed by atoms with E-state index >= 15 is 0 Å². The zero-order valence-corrected chi connectivity index (χ0v) is 15.3. The van der Waals surface area contributed by atoms with E-state index in [9.17, 15) is 4.79 Å². The fourth-order valence-corrected chi connectivity index (χ4v) is 3.01. The summed E-state index contributed by atoms with van der Waals surface area (Å²) in [6.07, 6.45) is 0. The van der Waals surface area contributed by atoms with Crippen molar-refractivity contribution in [3.63, 3.8) is 0 Å². The van der Waals surface area contributed by atoms with E-state index in [1.54, 1.807) is 6.07 Å². The molecular formula is C20H20ClN3O. The van der Waals surface area contributed by atoms with Crippen LogP contribution in [0.2, 0.25) is 5.02 Å². The minimum absolute atomic E-state index is 0.138. The van der Waals surface area contributed by atoms with Crippen molar-refractivity contribution in [3.05, 3.63) is 81.6 Å². The van der Waals surface area contributed by atoms with Crippen molar-refractivity contribution >= 4 is 23.2 Å². The highest BCUT2D eigenvalue weighted by Crippen LogP contribution is 2.20. The molecule has 2 aromatic carbocycles. The Labute approximate surface area is 152 Å². The highest BCUT2D eigenvalue weighted by molar-refractivity contribution is 6.30. The first-order valence-corrected chi connectivity index (χ1v) is 8.47. The number of halogens is 1. The summed E-state index contributed by atoms with van der Waals surface area (Å²) in [4.78, 5) is 12.6. The lowest BCUT2D eigenvalue weighted by Crippen LogP contribution is -2.13. The molecule has 0 aliphatic carbocycles. The van der Waals surface area contributed by atoms with E-state index in [0.717, 1.165) is 28.2 Å². The Morgan fingerprint density at radius 1 is 1.12 bits per heavy atom. The zero-order valence-electron chi connectivity index (χ0n) is 14.5. The predicted molar refractivity (Wildman–Crippen MR) is 101 cm³/mol. The van der Waals surface area contributed by atoms with E-state index in [4.69, 9.17) is 11.6 Å². The van der Waals surface area contributed by atoms with Gasteiger partial charge in [0.25, 0.3) is 5.91 Å². The normalized spacial score (nSPS) is 10.7. The number of amides is 1. The summed E-state index contributed by atoms with van der Waals surface area (Å²) in [6, 6.07) is 15.1. The van der Waals surface area contributed by atoms with Gasteiger partial charge in [0, 0.05) is 22.0 Å². The lowest BCUT2D eigenvalue weighted by Gasteiger charge is -2.10. The third-order valence-corrected chi connectivity index (χ3v) is 4.30. The average Bonchev–Trinajstić information content (AvgIpc) is 2.87. The molecule has 0 atom stereocenters. The molecule has 1 aromatic heterocycles. The lowest BCUT2D eigenvalue weighted by molar-refractivity contribution is 0.102. The third kappa shape index (κ3) is 4.09. The van der Waals surface area contributed by atoms with Crippen molar-refractivity contribution in [3.8, 4) is 0 Å². The van der Waals surface area contributed by atoms with Crippen LogP contribution in [0.3, 0.4) is 0 Å². The Bertz CT molecular complexity index is 930. The van der Waals surface area contributed by atoms with Gasteiger partial charge in [-0.1, -0.05) is 23.7 Å². The molecule has 25 heavy (non-hydrogen) atoms. The van der Waals surface area contributed by atoms with E-state index in [-0.39, 0.29) is 5.91 Å². The molecule has 5 heteroatoms. The molecule has 0 bridgehead atoms. The second kappa shape index (κ2) is 7.11. The largest absolute Gasteiger partial charge is 0.322 e. The van der Waals surface area contributed by atoms with Crippen LogP contribution < -0.4 is 5.32 Å². The first kappa shape index (κ1) is 17.2. The van der Waals surface area contributed by atoms with Crippen LogP contribution in [-0.4, -0.2) is 15.7 Å². The maximum atomic E-state index is 12.6. The van der Waals surface area contributed by atoms with Crippen molar-refractivity contribution in [2.24, 2.45) is 0 Å². The lowest BCUT2D eigenvalue weighted by atomic mass is 10.1. The number of rotatable bonds is 4. The molecule has 0 unspecified atom stereocenters. The molecule has 1 heterocycles. The van der Waals surface area contributed by atoms with Crippen LogP contribution in [0.4, 0.5) is 5.69 Å². The van der Waals surface area contributed by atoms with Gasteiger partial charge < -0.3 is 5.32 Å². The molecule has 3 aromatic rings. The van der Waals surface area contributed by atoms with Crippen LogP contribution in [0.1, 0.15) is 32.9 Å². The molecule has 0 spiro atoms. The highest BCUT2D eigenvalue weighted by atomic mass is 35.5. The van der Waals surface area contributed by atoms with Crippen molar-refractivity contribution in [1.29, 1.82) is 0 Å². The molecule has 4 nitrogen and oxygen atoms in total. The second-order valence-corrected chi connectivity index (χ2v) is 6.63. The van der Waals surface area contributed by atoms with Gasteiger partial charge in [0.05, 0.1) is 12.2 Å². The van der Waals surface area contributed by atoms with E-state index in [2.05, 4.69) is 10.4 Å². The molecule has 0 aliphatic rings. The SMILES string of the molecule is Cc1cc(C)n(Cc2cccc(C(=O)Nc3ccc(Cl)cc3C)c2)n1. The van der Waals surface area contributed by atoms with Gasteiger partial charge in [-0.25, -0.2) is 0 Å². The standard InChI is InChI=1S/C20H20ClN3O/c1-13-9-18(21)7-8-19(13)22-20(25)17-6-4-5-16(11-17)12-24-15(3)10-14(2)23-24/h4-11H,12H2,1-3H3,(H,22,25). The minimum Gasteiger partial charge on any atom is -0.322 e. The van der Waals surface area contributed by atoms with Crippen molar-refractivity contribution < 1.29 is 4.79 Å². The highest BCUT2D eigenvalue weighted by Gasteiger charge is 2.10. The number of nitrogens with zero attached hydrogens (tertiary/aromatic N) is 2. The first-order chi connectivity index (χ1) is 11.9. The monoisotopic (exact) mass is 353 g/mol. The van der Waals surface area contributed by atoms with Crippen molar-refractivity contribution in [2.45, 2.75) is 27.3 Å². The predicted octanol–water partition coefficient (Wildman–Crippen LogP) is 4.76. The van der Waals surface area contributed by atoms with E-state index in [1.165, 1.54) is 0 Å². The zero-order chi connectivity index (χ0) is 18.0. The summed E-state index contributed by atoms with van der Waals surface area (Å²) in [5.41, 5.74) is 5.44. The minimum atomic E-state index is -0.138. The van der Waals surface area contributed by atoms with Gasteiger partial charge in [-0.3, -0.25) is 9.48 Å². The quantitative estimate of drug-likeness (QED) is 0.734. The summed E-state index contributed by atoms with van der Waals surface area (Å²) in [5, 5.41) is 8.07. The number of hydrogen-bond acceptors (Lipinski definition) is 2. The number of nitrogens with one attached hydrogen (secondary N) is 1. The maximum absolute atomic E-state index is 12.6. The van der Waals surface area contributed by atoms with Gasteiger partial charge in [0.1, 0.15) is 0 Å². The third-order valence-electron chi connectivity index (χ3n) is 4.06. The van der Waals surface area contributed by atoms with Gasteiger partial charge in [-0.15, -0.1) is 0 Å². The van der Waals surface area contributed by atoms with Crippen LogP contribution in [-0.2, 0) is 6.54 Å². The number of carbonyl (C=O) groups is 1. The van der Waals surface area contributed by atoms with Crippen LogP contribution in [0.15, 0.2) is 48.5 Å². The Morgan fingerprint density at radius 3 is 2.60 bits per heavy atom. The van der Waals surface area contributed by atoms with Crippen LogP contribution in [0.5, 0.6) is 0 Å². The fraction of sp³-hybridized carbons (Fsp3) is 0.200. The molecule has 1 amide bonds. The van der Waals surface area contributed by atoms with E-state index in [0.29, 0.717) is 17.1 Å². The fourth-order valence-electron chi connectivity index (χ4n) is 2.78. The maximum Gasteiger partial charge on any atom is 0.255 e. The van der Waals surface area contributed by atoms with Gasteiger partial charge in [-0.2, -0.15) is 5.10 Å². The Balaban J connectivity index is 1.78. The molecule has 3 rings (SSSR count). The van der Waals surface area contributed by atoms with Crippen LogP contribution in [0, 0.1) is 20.8 Å². The summed E-state index contributed by atoms with van der Waals surface area (Å²) in [5.74, 6) is -0.138. The Kier molecular flexibility index (Phi) is 4.91. The van der Waals surface area contributed by atoms with Crippen LogP contribution >= 0.6 is 11.6 Å². The average molecular weight is 354 g/mol. The molecule has 0 saturated heterocycles. The smallest absolute Gasteiger partial charge is 0.255 e.